The molecule has 1 aromatic heterocycles. The number of likely N-dealkylation sites (tertiary alicyclic amines) is 1. The lowest BCUT2D eigenvalue weighted by atomic mass is 10.1. The van der Waals surface area contributed by atoms with Gasteiger partial charge in [-0.05, 0) is 38.0 Å². The zero-order valence-electron chi connectivity index (χ0n) is 15.0. The van der Waals surface area contributed by atoms with E-state index in [4.69, 9.17) is 11.6 Å². The summed E-state index contributed by atoms with van der Waals surface area (Å²) in [4.78, 5) is 18.1. The molecule has 2 heterocycles. The third-order valence-corrected chi connectivity index (χ3v) is 6.70. The van der Waals surface area contributed by atoms with Gasteiger partial charge < -0.3 is 4.90 Å². The molecule has 0 bridgehead atoms. The van der Waals surface area contributed by atoms with Crippen molar-refractivity contribution >= 4 is 27.5 Å². The molecular weight excluding hydrogens is 390 g/mol. The minimum atomic E-state index is -3.57. The smallest absolute Gasteiger partial charge is 0.253 e. The van der Waals surface area contributed by atoms with Crippen LogP contribution in [0.1, 0.15) is 30.1 Å². The maximum absolute atomic E-state index is 12.8. The monoisotopic (exact) mass is 411 g/mol. The van der Waals surface area contributed by atoms with E-state index < -0.39 is 15.3 Å². The molecule has 10 heteroatoms. The molecular formula is C17H22ClN5O3S. The van der Waals surface area contributed by atoms with Gasteiger partial charge in [0.1, 0.15) is 12.7 Å². The molecule has 1 aliphatic heterocycles. The number of halogens is 1. The molecule has 1 amide bonds. The SMILES string of the molecule is CC(Cn1cncn1)NS(=O)(=O)C1CCCN(C(=O)c2cccc(Cl)c2)C1. The lowest BCUT2D eigenvalue weighted by Gasteiger charge is -2.33. The summed E-state index contributed by atoms with van der Waals surface area (Å²) in [6.45, 7) is 2.86. The van der Waals surface area contributed by atoms with Crippen molar-refractivity contribution in [2.75, 3.05) is 13.1 Å². The van der Waals surface area contributed by atoms with Gasteiger partial charge in [0.05, 0.1) is 11.8 Å². The van der Waals surface area contributed by atoms with Crippen LogP contribution in [0.3, 0.4) is 0 Å². The van der Waals surface area contributed by atoms with Crippen molar-refractivity contribution in [3.63, 3.8) is 0 Å². The Morgan fingerprint density at radius 3 is 2.96 bits per heavy atom. The molecule has 146 valence electrons. The van der Waals surface area contributed by atoms with Crippen LogP contribution in [0.2, 0.25) is 5.02 Å². The molecule has 1 aliphatic rings. The van der Waals surface area contributed by atoms with Crippen molar-refractivity contribution in [1.29, 1.82) is 0 Å². The summed E-state index contributed by atoms with van der Waals surface area (Å²) < 4.78 is 29.8. The summed E-state index contributed by atoms with van der Waals surface area (Å²) in [5.41, 5.74) is 0.466. The van der Waals surface area contributed by atoms with Crippen molar-refractivity contribution in [2.24, 2.45) is 0 Å². The third kappa shape index (κ3) is 5.06. The van der Waals surface area contributed by atoms with Crippen molar-refractivity contribution in [1.82, 2.24) is 24.4 Å². The predicted octanol–water partition coefficient (Wildman–Crippen LogP) is 1.54. The molecule has 1 aromatic carbocycles. The summed E-state index contributed by atoms with van der Waals surface area (Å²) in [6, 6.07) is 6.35. The topological polar surface area (TPSA) is 97.2 Å². The van der Waals surface area contributed by atoms with Crippen LogP contribution in [0.5, 0.6) is 0 Å². The fourth-order valence-electron chi connectivity index (χ4n) is 3.20. The van der Waals surface area contributed by atoms with E-state index >= 15 is 0 Å². The number of carbonyl (C=O) groups excluding carboxylic acids is 1. The average Bonchev–Trinajstić information content (AvgIpc) is 3.13. The van der Waals surface area contributed by atoms with Crippen LogP contribution in [0.4, 0.5) is 0 Å². The van der Waals surface area contributed by atoms with Gasteiger partial charge in [-0.25, -0.2) is 18.1 Å². The van der Waals surface area contributed by atoms with Gasteiger partial charge in [-0.15, -0.1) is 0 Å². The van der Waals surface area contributed by atoms with Gasteiger partial charge in [-0.1, -0.05) is 17.7 Å². The van der Waals surface area contributed by atoms with Gasteiger partial charge in [-0.3, -0.25) is 9.48 Å². The second kappa shape index (κ2) is 8.37. The highest BCUT2D eigenvalue weighted by Crippen LogP contribution is 2.20. The molecule has 1 saturated heterocycles. The normalized spacial score (nSPS) is 19.0. The van der Waals surface area contributed by atoms with Gasteiger partial charge >= 0.3 is 0 Å². The van der Waals surface area contributed by atoms with Gasteiger partial charge in [0.15, 0.2) is 0 Å². The second-order valence-electron chi connectivity index (χ2n) is 6.71. The lowest BCUT2D eigenvalue weighted by molar-refractivity contribution is 0.0726. The van der Waals surface area contributed by atoms with Crippen LogP contribution >= 0.6 is 11.6 Å². The van der Waals surface area contributed by atoms with Crippen molar-refractivity contribution in [3.8, 4) is 0 Å². The number of nitrogens with zero attached hydrogens (tertiary/aromatic N) is 4. The van der Waals surface area contributed by atoms with Crippen LogP contribution in [-0.4, -0.2) is 58.4 Å². The van der Waals surface area contributed by atoms with Gasteiger partial charge in [0.2, 0.25) is 10.0 Å². The standard InChI is InChI=1S/C17H22ClN5O3S/c1-13(9-23-12-19-11-20-23)21-27(25,26)16-6-3-7-22(10-16)17(24)14-4-2-5-15(18)8-14/h2,4-5,8,11-13,16,21H,3,6-7,9-10H2,1H3. The summed E-state index contributed by atoms with van der Waals surface area (Å²) in [6.07, 6.45) is 4.10. The van der Waals surface area contributed by atoms with E-state index in [-0.39, 0.29) is 18.5 Å². The Hall–Kier alpha value is -1.97. The first-order valence-corrected chi connectivity index (χ1v) is 10.7. The summed E-state index contributed by atoms with van der Waals surface area (Å²) in [7, 11) is -3.57. The summed E-state index contributed by atoms with van der Waals surface area (Å²) in [5, 5.41) is 3.81. The average molecular weight is 412 g/mol. The van der Waals surface area contributed by atoms with E-state index in [9.17, 15) is 13.2 Å². The minimum Gasteiger partial charge on any atom is -0.337 e. The zero-order chi connectivity index (χ0) is 19.4. The number of piperidine rings is 1. The molecule has 2 unspecified atom stereocenters. The number of sulfonamides is 1. The first-order valence-electron chi connectivity index (χ1n) is 8.73. The molecule has 0 spiro atoms. The fourth-order valence-corrected chi connectivity index (χ4v) is 5.07. The molecule has 0 radical (unpaired) electrons. The minimum absolute atomic E-state index is 0.163. The largest absolute Gasteiger partial charge is 0.337 e. The molecule has 1 N–H and O–H groups in total. The Morgan fingerprint density at radius 2 is 2.26 bits per heavy atom. The van der Waals surface area contributed by atoms with Crippen LogP contribution < -0.4 is 4.72 Å². The first kappa shape index (κ1) is 19.8. The van der Waals surface area contributed by atoms with E-state index in [0.717, 1.165) is 0 Å². The number of aromatic nitrogens is 3. The number of hydrogen-bond acceptors (Lipinski definition) is 5. The van der Waals surface area contributed by atoms with E-state index in [2.05, 4.69) is 14.8 Å². The van der Waals surface area contributed by atoms with Crippen molar-refractivity contribution < 1.29 is 13.2 Å². The maximum atomic E-state index is 12.8. The number of rotatable bonds is 6. The number of nitrogens with one attached hydrogen (secondary N) is 1. The van der Waals surface area contributed by atoms with Crippen molar-refractivity contribution in [2.45, 2.75) is 37.6 Å². The third-order valence-electron chi connectivity index (χ3n) is 4.47. The highest BCUT2D eigenvalue weighted by atomic mass is 35.5. The Labute approximate surface area is 163 Å². The first-order chi connectivity index (χ1) is 12.8. The van der Waals surface area contributed by atoms with E-state index in [1.807, 2.05) is 0 Å². The fraction of sp³-hybridized carbons (Fsp3) is 0.471. The van der Waals surface area contributed by atoms with Crippen LogP contribution in [0.15, 0.2) is 36.9 Å². The van der Waals surface area contributed by atoms with Gasteiger partial charge in [0, 0.05) is 29.7 Å². The Bertz CT molecular complexity index is 888. The molecule has 8 nitrogen and oxygen atoms in total. The van der Waals surface area contributed by atoms with E-state index in [0.29, 0.717) is 36.5 Å². The molecule has 1 fully saturated rings. The lowest BCUT2D eigenvalue weighted by Crippen LogP contribution is -2.50. The highest BCUT2D eigenvalue weighted by molar-refractivity contribution is 7.90. The summed E-state index contributed by atoms with van der Waals surface area (Å²) >= 11 is 5.96. The molecule has 3 rings (SSSR count). The zero-order valence-corrected chi connectivity index (χ0v) is 16.5. The summed E-state index contributed by atoms with van der Waals surface area (Å²) in [5.74, 6) is -0.201. The van der Waals surface area contributed by atoms with E-state index in [1.54, 1.807) is 40.8 Å². The van der Waals surface area contributed by atoms with Gasteiger partial charge in [0.25, 0.3) is 5.91 Å². The molecule has 0 aliphatic carbocycles. The number of benzene rings is 1. The van der Waals surface area contributed by atoms with Crippen LogP contribution in [0, 0.1) is 0 Å². The maximum Gasteiger partial charge on any atom is 0.253 e. The number of amides is 1. The molecule has 2 atom stereocenters. The van der Waals surface area contributed by atoms with Crippen LogP contribution in [0.25, 0.3) is 0 Å². The van der Waals surface area contributed by atoms with Gasteiger partial charge in [-0.2, -0.15) is 5.10 Å². The van der Waals surface area contributed by atoms with Crippen LogP contribution in [-0.2, 0) is 16.6 Å². The highest BCUT2D eigenvalue weighted by Gasteiger charge is 2.33. The number of hydrogen-bond donors (Lipinski definition) is 1. The quantitative estimate of drug-likeness (QED) is 0.777. The Morgan fingerprint density at radius 1 is 1.44 bits per heavy atom. The second-order valence-corrected chi connectivity index (χ2v) is 9.14. The Kier molecular flexibility index (Phi) is 6.13. The molecule has 2 aromatic rings. The Balaban J connectivity index is 1.64. The van der Waals surface area contributed by atoms with E-state index in [1.165, 1.54) is 12.7 Å². The molecule has 27 heavy (non-hydrogen) atoms. The van der Waals surface area contributed by atoms with Crippen molar-refractivity contribution in [3.05, 3.63) is 47.5 Å². The number of carbonyl (C=O) groups is 1. The predicted molar refractivity (Wildman–Crippen MR) is 102 cm³/mol. The molecule has 0 saturated carbocycles.